The van der Waals surface area contributed by atoms with Crippen LogP contribution in [0, 0.1) is 15.5 Å². The summed E-state index contributed by atoms with van der Waals surface area (Å²) >= 11 is 0. The molecule has 25 heavy (non-hydrogen) atoms. The zero-order chi connectivity index (χ0) is 18.0. The number of rotatable bonds is 6. The van der Waals surface area contributed by atoms with Crippen LogP contribution in [0.5, 0.6) is 0 Å². The number of amidine groups is 1. The van der Waals surface area contributed by atoms with Crippen molar-refractivity contribution in [3.8, 4) is 11.5 Å². The lowest BCUT2D eigenvalue weighted by Crippen LogP contribution is -2.27. The number of nitrogens with zero attached hydrogens (tertiary/aromatic N) is 2. The Kier molecular flexibility index (Phi) is 4.16. The first-order valence-corrected chi connectivity index (χ1v) is 7.38. The zero-order valence-electron chi connectivity index (χ0n) is 13.0. The van der Waals surface area contributed by atoms with Gasteiger partial charge < -0.3 is 26.1 Å². The molecule has 0 fully saturated rings. The number of benzene rings is 1. The molecule has 6 N–H and O–H groups in total. The van der Waals surface area contributed by atoms with Gasteiger partial charge in [-0.1, -0.05) is 0 Å². The normalized spacial score (nSPS) is 10.7. The highest BCUT2D eigenvalue weighted by molar-refractivity contribution is 5.97. The quantitative estimate of drug-likeness (QED) is 0.198. The van der Waals surface area contributed by atoms with Crippen molar-refractivity contribution in [3.05, 3.63) is 46.0 Å². The molecule has 3 rings (SSSR count). The third-order valence-corrected chi connectivity index (χ3v) is 3.55. The Hall–Kier alpha value is -3.69. The Morgan fingerprint density at radius 1 is 1.32 bits per heavy atom. The summed E-state index contributed by atoms with van der Waals surface area (Å²) in [5.41, 5.74) is 7.42. The van der Waals surface area contributed by atoms with Crippen molar-refractivity contribution in [2.75, 3.05) is 6.54 Å². The molecule has 0 aliphatic carbocycles. The van der Waals surface area contributed by atoms with Crippen LogP contribution >= 0.6 is 0 Å². The van der Waals surface area contributed by atoms with E-state index in [1.807, 2.05) is 0 Å². The molecule has 0 saturated heterocycles. The monoisotopic (exact) mass is 341 g/mol. The first kappa shape index (κ1) is 16.2. The third-order valence-electron chi connectivity index (χ3n) is 3.55. The molecule has 1 aromatic carbocycles. The molecular formula is C15H15N7O3. The number of hydrogen-bond acceptors (Lipinski definition) is 5. The van der Waals surface area contributed by atoms with Crippen molar-refractivity contribution in [1.82, 2.24) is 20.3 Å². The molecule has 3 aromatic rings. The SMILES string of the molecule is N=C(N)CCNC(=O)c1ccc2nc(-c3ccc([N+](=O)[O-])[nH]3)[nH]c2c1. The third kappa shape index (κ3) is 3.47. The van der Waals surface area contributed by atoms with Gasteiger partial charge in [0.1, 0.15) is 0 Å². The number of H-pyrrole nitrogens is 2. The number of aromatic nitrogens is 3. The van der Waals surface area contributed by atoms with Crippen LogP contribution in [0.1, 0.15) is 16.8 Å². The summed E-state index contributed by atoms with van der Waals surface area (Å²) < 4.78 is 0. The Morgan fingerprint density at radius 2 is 2.12 bits per heavy atom. The molecule has 0 bridgehead atoms. The van der Waals surface area contributed by atoms with Gasteiger partial charge in [0.15, 0.2) is 11.5 Å². The van der Waals surface area contributed by atoms with Gasteiger partial charge in [-0.3, -0.25) is 10.2 Å². The Balaban J connectivity index is 1.82. The fourth-order valence-corrected chi connectivity index (χ4v) is 2.32. The Labute approximate surface area is 141 Å². The second-order valence-electron chi connectivity index (χ2n) is 5.36. The predicted molar refractivity (Wildman–Crippen MR) is 91.4 cm³/mol. The number of aromatic amines is 2. The minimum Gasteiger partial charge on any atom is -0.388 e. The minimum atomic E-state index is -0.518. The van der Waals surface area contributed by atoms with Crippen LogP contribution in [-0.4, -0.2) is 38.2 Å². The molecule has 0 saturated carbocycles. The predicted octanol–water partition coefficient (Wildman–Crippen LogP) is 1.52. The van der Waals surface area contributed by atoms with E-state index in [0.717, 1.165) is 0 Å². The number of nitrogens with one attached hydrogen (secondary N) is 4. The summed E-state index contributed by atoms with van der Waals surface area (Å²) in [6.07, 6.45) is 0.286. The maximum absolute atomic E-state index is 12.1. The van der Waals surface area contributed by atoms with Crippen molar-refractivity contribution in [2.24, 2.45) is 5.73 Å². The first-order chi connectivity index (χ1) is 11.9. The number of fused-ring (bicyclic) bond motifs is 1. The molecule has 0 atom stereocenters. The lowest BCUT2D eigenvalue weighted by molar-refractivity contribution is -0.389. The molecule has 0 unspecified atom stereocenters. The highest BCUT2D eigenvalue weighted by Crippen LogP contribution is 2.23. The van der Waals surface area contributed by atoms with Gasteiger partial charge in [0, 0.05) is 24.6 Å². The van der Waals surface area contributed by atoms with Gasteiger partial charge in [-0.15, -0.1) is 0 Å². The molecule has 128 valence electrons. The molecule has 0 spiro atoms. The van der Waals surface area contributed by atoms with E-state index in [4.69, 9.17) is 11.1 Å². The molecular weight excluding hydrogens is 326 g/mol. The van der Waals surface area contributed by atoms with Gasteiger partial charge >= 0.3 is 5.82 Å². The number of carbonyl (C=O) groups excluding carboxylic acids is 1. The second-order valence-corrected chi connectivity index (χ2v) is 5.36. The number of carbonyl (C=O) groups is 1. The summed E-state index contributed by atoms with van der Waals surface area (Å²) in [6, 6.07) is 7.88. The van der Waals surface area contributed by atoms with Gasteiger partial charge in [-0.2, -0.15) is 0 Å². The van der Waals surface area contributed by atoms with Crippen LogP contribution in [0.2, 0.25) is 0 Å². The Morgan fingerprint density at radius 3 is 2.80 bits per heavy atom. The van der Waals surface area contributed by atoms with Crippen molar-refractivity contribution in [1.29, 1.82) is 5.41 Å². The highest BCUT2D eigenvalue weighted by Gasteiger charge is 2.15. The standard InChI is InChI=1S/C15H15N7O3/c16-12(17)5-6-18-15(23)8-1-2-9-11(7-8)21-14(20-9)10-3-4-13(19-10)22(24)25/h1-4,7,19H,5-6H2,(H3,16,17)(H,18,23)(H,20,21). The van der Waals surface area contributed by atoms with Gasteiger partial charge in [0.2, 0.25) is 0 Å². The van der Waals surface area contributed by atoms with E-state index in [2.05, 4.69) is 20.3 Å². The van der Waals surface area contributed by atoms with Gasteiger partial charge in [0.05, 0.1) is 16.9 Å². The molecule has 0 radical (unpaired) electrons. The molecule has 10 nitrogen and oxygen atoms in total. The van der Waals surface area contributed by atoms with E-state index in [1.165, 1.54) is 6.07 Å². The lowest BCUT2D eigenvalue weighted by Gasteiger charge is -2.04. The maximum atomic E-state index is 12.1. The summed E-state index contributed by atoms with van der Waals surface area (Å²) in [7, 11) is 0. The van der Waals surface area contributed by atoms with E-state index < -0.39 is 4.92 Å². The number of amides is 1. The van der Waals surface area contributed by atoms with Crippen LogP contribution < -0.4 is 11.1 Å². The van der Waals surface area contributed by atoms with Gasteiger partial charge in [0.25, 0.3) is 5.91 Å². The molecule has 0 aliphatic heterocycles. The molecule has 2 aromatic heterocycles. The summed E-state index contributed by atoms with van der Waals surface area (Å²) in [5, 5.41) is 20.5. The van der Waals surface area contributed by atoms with Crippen LogP contribution in [-0.2, 0) is 0 Å². The largest absolute Gasteiger partial charge is 0.388 e. The zero-order valence-corrected chi connectivity index (χ0v) is 13.0. The number of nitrogens with two attached hydrogens (primary N) is 1. The average molecular weight is 341 g/mol. The fourth-order valence-electron chi connectivity index (χ4n) is 2.32. The van der Waals surface area contributed by atoms with Gasteiger partial charge in [-0.05, 0) is 29.2 Å². The number of imidazole rings is 1. The number of hydrogen-bond donors (Lipinski definition) is 5. The van der Waals surface area contributed by atoms with Gasteiger partial charge in [-0.25, -0.2) is 9.97 Å². The van der Waals surface area contributed by atoms with Crippen molar-refractivity contribution in [2.45, 2.75) is 6.42 Å². The smallest absolute Gasteiger partial charge is 0.321 e. The Bertz CT molecular complexity index is 973. The molecule has 1 amide bonds. The van der Waals surface area contributed by atoms with Crippen LogP contribution in [0.3, 0.4) is 0 Å². The fraction of sp³-hybridized carbons (Fsp3) is 0.133. The second kappa shape index (κ2) is 6.43. The van der Waals surface area contributed by atoms with E-state index >= 15 is 0 Å². The number of nitro groups is 1. The van der Waals surface area contributed by atoms with Crippen LogP contribution in [0.25, 0.3) is 22.6 Å². The molecule has 2 heterocycles. The molecule has 0 aliphatic rings. The topological polar surface area (TPSA) is 167 Å². The van der Waals surface area contributed by atoms with E-state index in [9.17, 15) is 14.9 Å². The van der Waals surface area contributed by atoms with Crippen molar-refractivity contribution < 1.29 is 9.72 Å². The summed E-state index contributed by atoms with van der Waals surface area (Å²) in [6.45, 7) is 0.284. The first-order valence-electron chi connectivity index (χ1n) is 7.38. The maximum Gasteiger partial charge on any atom is 0.321 e. The van der Waals surface area contributed by atoms with Crippen molar-refractivity contribution in [3.63, 3.8) is 0 Å². The lowest BCUT2D eigenvalue weighted by atomic mass is 10.2. The summed E-state index contributed by atoms with van der Waals surface area (Å²) in [4.78, 5) is 32.4. The van der Waals surface area contributed by atoms with Crippen molar-refractivity contribution >= 4 is 28.6 Å². The minimum absolute atomic E-state index is 0.00834. The summed E-state index contributed by atoms with van der Waals surface area (Å²) in [5.74, 6) is 0.0436. The van der Waals surface area contributed by atoms with E-state index in [1.54, 1.807) is 24.3 Å². The average Bonchev–Trinajstić information content (AvgIpc) is 3.20. The molecule has 10 heteroatoms. The van der Waals surface area contributed by atoms with Crippen LogP contribution in [0.15, 0.2) is 30.3 Å². The van der Waals surface area contributed by atoms with Crippen LogP contribution in [0.4, 0.5) is 5.82 Å². The van der Waals surface area contributed by atoms with E-state index in [-0.39, 0.29) is 30.5 Å². The highest BCUT2D eigenvalue weighted by atomic mass is 16.6. The van der Waals surface area contributed by atoms with E-state index in [0.29, 0.717) is 28.1 Å².